The lowest BCUT2D eigenvalue weighted by molar-refractivity contribution is 0.0933. The number of methoxy groups -OCH3 is 3. The Morgan fingerprint density at radius 1 is 1.00 bits per heavy atom. The number of fused-ring (bicyclic) bond motifs is 1. The second-order valence-electron chi connectivity index (χ2n) is 8.52. The number of pyridine rings is 2. The van der Waals surface area contributed by atoms with Crippen LogP contribution in [0, 0.1) is 5.92 Å². The van der Waals surface area contributed by atoms with Gasteiger partial charge in [0.15, 0.2) is 5.78 Å². The Kier molecular flexibility index (Phi) is 7.48. The van der Waals surface area contributed by atoms with Gasteiger partial charge in [0, 0.05) is 27.6 Å². The molecule has 1 saturated carbocycles. The first-order valence-corrected chi connectivity index (χ1v) is 12.1. The van der Waals surface area contributed by atoms with E-state index in [1.807, 2.05) is 24.3 Å². The van der Waals surface area contributed by atoms with Crippen LogP contribution in [0.3, 0.4) is 0 Å². The number of carbonyl (C=O) groups is 1. The van der Waals surface area contributed by atoms with Crippen molar-refractivity contribution >= 4 is 32.6 Å². The van der Waals surface area contributed by atoms with Crippen molar-refractivity contribution < 1.29 is 19.0 Å². The minimum absolute atomic E-state index is 0.0766. The lowest BCUT2D eigenvalue weighted by atomic mass is 9.78. The molecule has 7 heteroatoms. The Morgan fingerprint density at radius 3 is 2.48 bits per heavy atom. The monoisotopic (exact) mass is 512 g/mol. The first kappa shape index (κ1) is 23.5. The molecule has 1 aliphatic carbocycles. The van der Waals surface area contributed by atoms with E-state index in [9.17, 15) is 4.79 Å². The summed E-state index contributed by atoms with van der Waals surface area (Å²) in [6.45, 7) is 0. The van der Waals surface area contributed by atoms with Crippen LogP contribution in [0.25, 0.3) is 10.9 Å². The third-order valence-corrected chi connectivity index (χ3v) is 6.91. The number of halogens is 1. The summed E-state index contributed by atoms with van der Waals surface area (Å²) in [5.74, 6) is 1.34. The van der Waals surface area contributed by atoms with Crippen molar-refractivity contribution in [2.45, 2.75) is 44.4 Å². The summed E-state index contributed by atoms with van der Waals surface area (Å²) in [6, 6.07) is 11.3. The molecule has 1 atom stereocenters. The van der Waals surface area contributed by atoms with Gasteiger partial charge in [0.1, 0.15) is 11.4 Å². The van der Waals surface area contributed by atoms with E-state index in [4.69, 9.17) is 19.2 Å². The molecule has 3 aromatic rings. The number of ketones is 1. The number of benzene rings is 1. The minimum Gasteiger partial charge on any atom is -0.496 e. The van der Waals surface area contributed by atoms with Gasteiger partial charge in [-0.1, -0.05) is 48.0 Å². The van der Waals surface area contributed by atoms with E-state index >= 15 is 0 Å². The van der Waals surface area contributed by atoms with Gasteiger partial charge in [-0.2, -0.15) is 0 Å². The summed E-state index contributed by atoms with van der Waals surface area (Å²) < 4.78 is 17.3. The zero-order chi connectivity index (χ0) is 23.4. The first-order chi connectivity index (χ1) is 16.0. The summed E-state index contributed by atoms with van der Waals surface area (Å²) >= 11 is 3.54. The van der Waals surface area contributed by atoms with Crippen molar-refractivity contribution in [1.82, 2.24) is 9.97 Å². The van der Waals surface area contributed by atoms with Gasteiger partial charge in [0.2, 0.25) is 11.8 Å². The molecule has 4 rings (SSSR count). The van der Waals surface area contributed by atoms with Crippen molar-refractivity contribution in [2.75, 3.05) is 21.3 Å². The van der Waals surface area contributed by atoms with Gasteiger partial charge >= 0.3 is 0 Å². The van der Waals surface area contributed by atoms with Gasteiger partial charge in [-0.3, -0.25) is 4.79 Å². The van der Waals surface area contributed by atoms with E-state index in [-0.39, 0.29) is 5.78 Å². The molecule has 0 radical (unpaired) electrons. The summed E-state index contributed by atoms with van der Waals surface area (Å²) in [4.78, 5) is 23.1. The summed E-state index contributed by atoms with van der Waals surface area (Å²) in [6.07, 6.45) is 6.67. The Labute approximate surface area is 202 Å². The fourth-order valence-corrected chi connectivity index (χ4v) is 5.08. The van der Waals surface area contributed by atoms with E-state index in [1.165, 1.54) is 26.4 Å². The van der Waals surface area contributed by atoms with Crippen LogP contribution < -0.4 is 14.2 Å². The van der Waals surface area contributed by atoms with E-state index in [0.717, 1.165) is 40.2 Å². The molecular formula is C26H29BrN2O4. The molecule has 0 amide bonds. The molecule has 6 nitrogen and oxygen atoms in total. The number of hydrogen-bond acceptors (Lipinski definition) is 6. The van der Waals surface area contributed by atoms with E-state index in [1.54, 1.807) is 26.4 Å². The zero-order valence-corrected chi connectivity index (χ0v) is 20.9. The van der Waals surface area contributed by atoms with Crippen LogP contribution in [-0.2, 0) is 0 Å². The van der Waals surface area contributed by atoms with Gasteiger partial charge in [0.25, 0.3) is 0 Å². The van der Waals surface area contributed by atoms with E-state index < -0.39 is 5.92 Å². The van der Waals surface area contributed by atoms with Crippen molar-refractivity contribution in [3.63, 3.8) is 0 Å². The number of aromatic nitrogens is 2. The number of Topliss-reactive ketones (excluding diaryl/α,β-unsaturated/α-hetero) is 1. The molecule has 1 aromatic carbocycles. The SMILES string of the molecule is COc1cc(OC)nc(C(=O)C(CC2CCCCC2)c2cc3cc(Br)ccc3nc2OC)c1. The molecule has 33 heavy (non-hydrogen) atoms. The number of carbonyl (C=O) groups excluding carboxylic acids is 1. The molecule has 0 aliphatic heterocycles. The fraction of sp³-hybridized carbons (Fsp3) is 0.423. The van der Waals surface area contributed by atoms with Crippen LogP contribution in [0.2, 0.25) is 0 Å². The molecule has 0 saturated heterocycles. The minimum atomic E-state index is -0.428. The maximum Gasteiger partial charge on any atom is 0.217 e. The number of nitrogens with zero attached hydrogens (tertiary/aromatic N) is 2. The Hall–Kier alpha value is -2.67. The summed E-state index contributed by atoms with van der Waals surface area (Å²) in [5, 5.41) is 0.956. The average Bonchev–Trinajstić information content (AvgIpc) is 2.86. The zero-order valence-electron chi connectivity index (χ0n) is 19.3. The maximum absolute atomic E-state index is 14.0. The van der Waals surface area contributed by atoms with Gasteiger partial charge in [-0.25, -0.2) is 9.97 Å². The second-order valence-corrected chi connectivity index (χ2v) is 9.43. The molecule has 1 unspecified atom stereocenters. The smallest absolute Gasteiger partial charge is 0.217 e. The van der Waals surface area contributed by atoms with E-state index in [2.05, 4.69) is 20.9 Å². The normalized spacial score (nSPS) is 15.3. The molecule has 1 aliphatic rings. The highest BCUT2D eigenvalue weighted by Crippen LogP contribution is 2.39. The third kappa shape index (κ3) is 5.29. The van der Waals surface area contributed by atoms with Crippen LogP contribution in [0.5, 0.6) is 17.5 Å². The highest BCUT2D eigenvalue weighted by Gasteiger charge is 2.31. The van der Waals surface area contributed by atoms with Crippen LogP contribution in [-0.4, -0.2) is 37.1 Å². The number of ether oxygens (including phenoxy) is 3. The largest absolute Gasteiger partial charge is 0.496 e. The van der Waals surface area contributed by atoms with Gasteiger partial charge in [0.05, 0.1) is 32.8 Å². The number of rotatable bonds is 8. The van der Waals surface area contributed by atoms with Crippen molar-refractivity contribution in [3.05, 3.63) is 52.1 Å². The van der Waals surface area contributed by atoms with Crippen molar-refractivity contribution in [1.29, 1.82) is 0 Å². The molecule has 0 bridgehead atoms. The Balaban J connectivity index is 1.82. The van der Waals surface area contributed by atoms with Crippen LogP contribution in [0.15, 0.2) is 40.9 Å². The highest BCUT2D eigenvalue weighted by molar-refractivity contribution is 9.10. The Morgan fingerprint density at radius 2 is 1.79 bits per heavy atom. The standard InChI is InChI=1S/C26H29BrN2O4/c1-31-19-14-23(28-24(15-19)32-2)25(30)20(11-16-7-5-4-6-8-16)21-13-17-12-18(27)9-10-22(17)29-26(21)33-3/h9-10,12-16,20H,4-8,11H2,1-3H3. The second kappa shape index (κ2) is 10.5. The predicted molar refractivity (Wildman–Crippen MR) is 132 cm³/mol. The van der Waals surface area contributed by atoms with Crippen LogP contribution in [0.4, 0.5) is 0 Å². The van der Waals surface area contributed by atoms with Gasteiger partial charge < -0.3 is 14.2 Å². The molecule has 0 spiro atoms. The lowest BCUT2D eigenvalue weighted by Gasteiger charge is -2.27. The van der Waals surface area contributed by atoms with Gasteiger partial charge in [-0.15, -0.1) is 0 Å². The summed E-state index contributed by atoms with van der Waals surface area (Å²) in [5.41, 5.74) is 1.94. The van der Waals surface area contributed by atoms with Crippen molar-refractivity contribution in [3.8, 4) is 17.5 Å². The molecular weight excluding hydrogens is 484 g/mol. The molecule has 2 aromatic heterocycles. The van der Waals surface area contributed by atoms with Crippen LogP contribution >= 0.6 is 15.9 Å². The highest BCUT2D eigenvalue weighted by atomic mass is 79.9. The third-order valence-electron chi connectivity index (χ3n) is 6.42. The predicted octanol–water partition coefficient (Wildman–Crippen LogP) is 6.36. The topological polar surface area (TPSA) is 70.5 Å². The van der Waals surface area contributed by atoms with Gasteiger partial charge in [-0.05, 0) is 36.6 Å². The fourth-order valence-electron chi connectivity index (χ4n) is 4.70. The first-order valence-electron chi connectivity index (χ1n) is 11.3. The maximum atomic E-state index is 14.0. The van der Waals surface area contributed by atoms with Crippen molar-refractivity contribution in [2.24, 2.45) is 5.92 Å². The number of hydrogen-bond donors (Lipinski definition) is 0. The quantitative estimate of drug-likeness (QED) is 0.327. The molecule has 174 valence electrons. The molecule has 0 N–H and O–H groups in total. The summed E-state index contributed by atoms with van der Waals surface area (Å²) in [7, 11) is 4.70. The van der Waals surface area contributed by atoms with E-state index in [0.29, 0.717) is 29.1 Å². The molecule has 1 fully saturated rings. The van der Waals surface area contributed by atoms with Crippen LogP contribution in [0.1, 0.15) is 60.5 Å². The molecule has 2 heterocycles. The Bertz CT molecular complexity index is 1120. The lowest BCUT2D eigenvalue weighted by Crippen LogP contribution is -2.21. The average molecular weight is 513 g/mol.